The zero-order chi connectivity index (χ0) is 13.0. The number of hydrogen-bond donors (Lipinski definition) is 2. The molecule has 0 aliphatic rings. The minimum absolute atomic E-state index is 0.142. The number of aliphatic carboxylic acids is 1. The molecule has 0 bridgehead atoms. The lowest BCUT2D eigenvalue weighted by Gasteiger charge is -2.17. The van der Waals surface area contributed by atoms with Crippen LogP contribution in [0.3, 0.4) is 0 Å². The second-order valence-corrected chi connectivity index (χ2v) is 3.88. The highest BCUT2D eigenvalue weighted by molar-refractivity contribution is 5.94. The van der Waals surface area contributed by atoms with Crippen molar-refractivity contribution in [3.8, 4) is 0 Å². The van der Waals surface area contributed by atoms with Crippen molar-refractivity contribution in [2.24, 2.45) is 5.92 Å². The first-order valence-corrected chi connectivity index (χ1v) is 5.08. The normalized spacial score (nSPS) is 12.2. The van der Waals surface area contributed by atoms with Crippen LogP contribution in [-0.4, -0.2) is 28.0 Å². The van der Waals surface area contributed by atoms with Crippen molar-refractivity contribution in [3.63, 3.8) is 0 Å². The first-order valence-electron chi connectivity index (χ1n) is 5.08. The van der Waals surface area contributed by atoms with Crippen LogP contribution in [0, 0.1) is 11.9 Å². The van der Waals surface area contributed by atoms with E-state index in [1.54, 1.807) is 13.8 Å². The van der Waals surface area contributed by atoms with E-state index in [4.69, 9.17) is 5.11 Å². The summed E-state index contributed by atoms with van der Waals surface area (Å²) in [5, 5.41) is 11.2. The van der Waals surface area contributed by atoms with Gasteiger partial charge in [-0.1, -0.05) is 19.9 Å². The van der Waals surface area contributed by atoms with Crippen LogP contribution in [0.25, 0.3) is 0 Å². The summed E-state index contributed by atoms with van der Waals surface area (Å²) < 4.78 is 12.8. The molecule has 1 heterocycles. The van der Waals surface area contributed by atoms with E-state index in [1.165, 1.54) is 12.1 Å². The van der Waals surface area contributed by atoms with Gasteiger partial charge in [0.25, 0.3) is 5.91 Å². The maximum absolute atomic E-state index is 12.8. The van der Waals surface area contributed by atoms with E-state index in [1.807, 2.05) is 0 Å². The number of halogens is 1. The van der Waals surface area contributed by atoms with Crippen molar-refractivity contribution in [2.75, 3.05) is 0 Å². The SMILES string of the molecule is CC(C)C(NC(=O)c1cccc(F)n1)C(=O)O. The van der Waals surface area contributed by atoms with Gasteiger partial charge in [-0.3, -0.25) is 4.79 Å². The molecular formula is C11H13FN2O3. The zero-order valence-electron chi connectivity index (χ0n) is 9.48. The Hall–Kier alpha value is -1.98. The Morgan fingerprint density at radius 3 is 2.53 bits per heavy atom. The molecule has 5 nitrogen and oxygen atoms in total. The number of nitrogens with one attached hydrogen (secondary N) is 1. The largest absolute Gasteiger partial charge is 0.480 e. The van der Waals surface area contributed by atoms with Crippen LogP contribution in [0.4, 0.5) is 4.39 Å². The first-order chi connectivity index (χ1) is 7.91. The lowest BCUT2D eigenvalue weighted by atomic mass is 10.0. The monoisotopic (exact) mass is 240 g/mol. The van der Waals surface area contributed by atoms with Gasteiger partial charge in [0, 0.05) is 0 Å². The van der Waals surface area contributed by atoms with Crippen LogP contribution < -0.4 is 5.32 Å². The lowest BCUT2D eigenvalue weighted by molar-refractivity contribution is -0.140. The summed E-state index contributed by atoms with van der Waals surface area (Å²) >= 11 is 0. The van der Waals surface area contributed by atoms with Crippen LogP contribution in [0.15, 0.2) is 18.2 Å². The van der Waals surface area contributed by atoms with Gasteiger partial charge in [-0.25, -0.2) is 9.78 Å². The van der Waals surface area contributed by atoms with E-state index < -0.39 is 23.9 Å². The molecule has 1 atom stereocenters. The maximum Gasteiger partial charge on any atom is 0.326 e. The average Bonchev–Trinajstić information content (AvgIpc) is 2.24. The van der Waals surface area contributed by atoms with Crippen molar-refractivity contribution in [1.29, 1.82) is 0 Å². The fourth-order valence-electron chi connectivity index (χ4n) is 1.26. The van der Waals surface area contributed by atoms with E-state index in [9.17, 15) is 14.0 Å². The molecule has 1 rings (SSSR count). The Morgan fingerprint density at radius 2 is 2.06 bits per heavy atom. The van der Waals surface area contributed by atoms with Gasteiger partial charge < -0.3 is 10.4 Å². The average molecular weight is 240 g/mol. The summed E-state index contributed by atoms with van der Waals surface area (Å²) in [6.07, 6.45) is 0. The lowest BCUT2D eigenvalue weighted by Crippen LogP contribution is -2.44. The van der Waals surface area contributed by atoms with Gasteiger partial charge in [-0.05, 0) is 18.1 Å². The molecule has 2 N–H and O–H groups in total. The molecule has 92 valence electrons. The number of carbonyl (C=O) groups is 2. The molecule has 0 aliphatic heterocycles. The molecule has 17 heavy (non-hydrogen) atoms. The first kappa shape index (κ1) is 13.1. The van der Waals surface area contributed by atoms with Crippen molar-refractivity contribution in [2.45, 2.75) is 19.9 Å². The Bertz CT molecular complexity index is 434. The highest BCUT2D eigenvalue weighted by atomic mass is 19.1. The predicted octanol–water partition coefficient (Wildman–Crippen LogP) is 1.06. The van der Waals surface area contributed by atoms with Crippen molar-refractivity contribution < 1.29 is 19.1 Å². The van der Waals surface area contributed by atoms with E-state index >= 15 is 0 Å². The van der Waals surface area contributed by atoms with E-state index in [-0.39, 0.29) is 11.6 Å². The second-order valence-electron chi connectivity index (χ2n) is 3.88. The molecule has 0 fully saturated rings. The summed E-state index contributed by atoms with van der Waals surface area (Å²) in [5.74, 6) is -2.89. The van der Waals surface area contributed by atoms with Crippen LogP contribution in [-0.2, 0) is 4.79 Å². The summed E-state index contributed by atoms with van der Waals surface area (Å²) in [6.45, 7) is 3.33. The Labute approximate surface area is 97.7 Å². The molecule has 0 saturated heterocycles. The molecule has 0 radical (unpaired) electrons. The third kappa shape index (κ3) is 3.51. The quantitative estimate of drug-likeness (QED) is 0.771. The maximum atomic E-state index is 12.8. The number of carbonyl (C=O) groups excluding carboxylic acids is 1. The minimum atomic E-state index is -1.13. The number of rotatable bonds is 4. The molecule has 0 saturated carbocycles. The molecule has 1 unspecified atom stereocenters. The van der Waals surface area contributed by atoms with Gasteiger partial charge in [-0.2, -0.15) is 4.39 Å². The minimum Gasteiger partial charge on any atom is -0.480 e. The van der Waals surface area contributed by atoms with Crippen molar-refractivity contribution in [1.82, 2.24) is 10.3 Å². The van der Waals surface area contributed by atoms with Crippen LogP contribution in [0.2, 0.25) is 0 Å². The third-order valence-electron chi connectivity index (χ3n) is 2.17. The summed E-state index contributed by atoms with van der Waals surface area (Å²) in [5.41, 5.74) is -0.142. The third-order valence-corrected chi connectivity index (χ3v) is 2.17. The fourth-order valence-corrected chi connectivity index (χ4v) is 1.26. The molecular weight excluding hydrogens is 227 g/mol. The molecule has 1 aromatic rings. The van der Waals surface area contributed by atoms with Crippen LogP contribution in [0.1, 0.15) is 24.3 Å². The molecule has 6 heteroatoms. The number of aromatic nitrogens is 1. The topological polar surface area (TPSA) is 79.3 Å². The summed E-state index contributed by atoms with van der Waals surface area (Å²) in [6, 6.07) is 2.74. The number of carboxylic acids is 1. The Balaban J connectivity index is 2.81. The highest BCUT2D eigenvalue weighted by Gasteiger charge is 2.24. The van der Waals surface area contributed by atoms with Crippen molar-refractivity contribution >= 4 is 11.9 Å². The van der Waals surface area contributed by atoms with Gasteiger partial charge in [0.1, 0.15) is 11.7 Å². The van der Waals surface area contributed by atoms with Gasteiger partial charge >= 0.3 is 5.97 Å². The zero-order valence-corrected chi connectivity index (χ0v) is 9.48. The van der Waals surface area contributed by atoms with Crippen LogP contribution >= 0.6 is 0 Å². The molecule has 0 aliphatic carbocycles. The summed E-state index contributed by atoms with van der Waals surface area (Å²) in [7, 11) is 0. The Morgan fingerprint density at radius 1 is 1.41 bits per heavy atom. The van der Waals surface area contributed by atoms with Gasteiger partial charge in [-0.15, -0.1) is 0 Å². The standard InChI is InChI=1S/C11H13FN2O3/c1-6(2)9(11(16)17)14-10(15)7-4-3-5-8(12)13-7/h3-6,9H,1-2H3,(H,14,15)(H,16,17). The van der Waals surface area contributed by atoms with E-state index in [2.05, 4.69) is 10.3 Å². The number of pyridine rings is 1. The number of hydrogen-bond acceptors (Lipinski definition) is 3. The van der Waals surface area contributed by atoms with Gasteiger partial charge in [0.05, 0.1) is 0 Å². The van der Waals surface area contributed by atoms with Crippen molar-refractivity contribution in [3.05, 3.63) is 29.8 Å². The van der Waals surface area contributed by atoms with E-state index in [0.29, 0.717) is 0 Å². The molecule has 0 aromatic carbocycles. The summed E-state index contributed by atoms with van der Waals surface area (Å²) in [4.78, 5) is 25.9. The molecule has 1 amide bonds. The predicted molar refractivity (Wildman–Crippen MR) is 57.9 cm³/mol. The van der Waals surface area contributed by atoms with Crippen LogP contribution in [0.5, 0.6) is 0 Å². The van der Waals surface area contributed by atoms with E-state index in [0.717, 1.165) is 6.07 Å². The number of nitrogens with zero attached hydrogens (tertiary/aromatic N) is 1. The molecule has 1 aromatic heterocycles. The van der Waals surface area contributed by atoms with Gasteiger partial charge in [0.15, 0.2) is 0 Å². The Kier molecular flexibility index (Phi) is 4.14. The number of carboxylic acid groups (broad SMARTS) is 1. The molecule has 0 spiro atoms. The number of amides is 1. The second kappa shape index (κ2) is 5.38. The highest BCUT2D eigenvalue weighted by Crippen LogP contribution is 2.04. The van der Waals surface area contributed by atoms with Gasteiger partial charge in [0.2, 0.25) is 5.95 Å². The smallest absolute Gasteiger partial charge is 0.326 e. The fraction of sp³-hybridized carbons (Fsp3) is 0.364.